The highest BCUT2D eigenvalue weighted by atomic mass is 35.5. The number of nitrogens with zero attached hydrogens (tertiary/aromatic N) is 4. The Morgan fingerprint density at radius 1 is 1.07 bits per heavy atom. The fraction of sp³-hybridized carbons (Fsp3) is 0.227. The summed E-state index contributed by atoms with van der Waals surface area (Å²) in [6.45, 7) is 6.96. The molecule has 7 heteroatoms. The minimum absolute atomic E-state index is 0.106. The maximum atomic E-state index is 12.5. The van der Waals surface area contributed by atoms with Gasteiger partial charge in [0.25, 0.3) is 5.91 Å². The van der Waals surface area contributed by atoms with E-state index >= 15 is 0 Å². The third-order valence-corrected chi connectivity index (χ3v) is 5.59. The lowest BCUT2D eigenvalue weighted by Crippen LogP contribution is -2.27. The lowest BCUT2D eigenvalue weighted by atomic mass is 10.2. The molecule has 0 unspecified atom stereocenters. The molecule has 148 valence electrons. The highest BCUT2D eigenvalue weighted by Gasteiger charge is 2.12. The number of halogens is 1. The Hall–Kier alpha value is -3.12. The molecule has 0 aliphatic rings. The third-order valence-electron chi connectivity index (χ3n) is 5.04. The number of hydrogen-bond acceptors (Lipinski definition) is 3. The van der Waals surface area contributed by atoms with Crippen molar-refractivity contribution in [2.75, 3.05) is 6.54 Å². The second-order valence-corrected chi connectivity index (χ2v) is 7.38. The van der Waals surface area contributed by atoms with Crippen molar-refractivity contribution in [3.05, 3.63) is 76.3 Å². The van der Waals surface area contributed by atoms with Gasteiger partial charge in [0.2, 0.25) is 0 Å². The van der Waals surface area contributed by atoms with E-state index in [1.165, 1.54) is 0 Å². The van der Waals surface area contributed by atoms with Gasteiger partial charge in [-0.05, 0) is 57.2 Å². The number of fused-ring (bicyclic) bond motifs is 1. The van der Waals surface area contributed by atoms with Gasteiger partial charge in [-0.15, -0.1) is 0 Å². The summed E-state index contributed by atoms with van der Waals surface area (Å²) < 4.78 is 3.90. The highest BCUT2D eigenvalue weighted by Crippen LogP contribution is 2.22. The number of carbonyl (C=O) groups is 1. The number of aryl methyl sites for hydroxylation is 2. The molecule has 2 heterocycles. The lowest BCUT2D eigenvalue weighted by Gasteiger charge is -2.10. The molecule has 0 aliphatic heterocycles. The Morgan fingerprint density at radius 3 is 2.48 bits per heavy atom. The van der Waals surface area contributed by atoms with E-state index in [1.54, 1.807) is 16.8 Å². The molecule has 0 aliphatic carbocycles. The number of imidazole rings is 1. The first-order chi connectivity index (χ1) is 14.0. The zero-order valence-corrected chi connectivity index (χ0v) is 17.4. The van der Waals surface area contributed by atoms with Crippen molar-refractivity contribution in [3.63, 3.8) is 0 Å². The van der Waals surface area contributed by atoms with Crippen LogP contribution in [-0.4, -0.2) is 31.8 Å². The van der Waals surface area contributed by atoms with E-state index in [4.69, 9.17) is 11.6 Å². The molecule has 0 saturated heterocycles. The minimum atomic E-state index is -0.106. The van der Waals surface area contributed by atoms with Crippen LogP contribution < -0.4 is 5.32 Å². The Morgan fingerprint density at radius 2 is 1.79 bits per heavy atom. The quantitative estimate of drug-likeness (QED) is 0.538. The molecule has 0 fully saturated rings. The molecule has 0 atom stereocenters. The summed E-state index contributed by atoms with van der Waals surface area (Å²) in [4.78, 5) is 17.1. The molecule has 1 amide bonds. The SMILES string of the molecule is Cc1nn(-c2ccc(C(=O)NCCn3c(C)nc4ccccc43)cc2)c(C)c1Cl. The second-order valence-electron chi connectivity index (χ2n) is 7.00. The smallest absolute Gasteiger partial charge is 0.251 e. The van der Waals surface area contributed by atoms with Crippen molar-refractivity contribution in [2.24, 2.45) is 0 Å². The van der Waals surface area contributed by atoms with E-state index in [2.05, 4.69) is 20.0 Å². The zero-order chi connectivity index (χ0) is 20.5. The second kappa shape index (κ2) is 7.72. The summed E-state index contributed by atoms with van der Waals surface area (Å²) >= 11 is 6.22. The molecular weight excluding hydrogens is 386 g/mol. The van der Waals surface area contributed by atoms with Crippen molar-refractivity contribution < 1.29 is 4.79 Å². The predicted octanol–water partition coefficient (Wildman–Crippen LogP) is 4.23. The average molecular weight is 408 g/mol. The van der Waals surface area contributed by atoms with E-state index in [0.29, 0.717) is 23.7 Å². The Kier molecular flexibility index (Phi) is 5.11. The van der Waals surface area contributed by atoms with Crippen molar-refractivity contribution >= 4 is 28.5 Å². The van der Waals surface area contributed by atoms with Crippen LogP contribution in [0.2, 0.25) is 5.02 Å². The van der Waals surface area contributed by atoms with E-state index in [0.717, 1.165) is 33.9 Å². The molecule has 4 rings (SSSR count). The molecule has 1 N–H and O–H groups in total. The van der Waals surface area contributed by atoms with Crippen molar-refractivity contribution in [2.45, 2.75) is 27.3 Å². The molecule has 29 heavy (non-hydrogen) atoms. The maximum absolute atomic E-state index is 12.5. The van der Waals surface area contributed by atoms with Gasteiger partial charge in [0.1, 0.15) is 5.82 Å². The summed E-state index contributed by atoms with van der Waals surface area (Å²) in [6, 6.07) is 15.4. The van der Waals surface area contributed by atoms with Crippen molar-refractivity contribution in [1.82, 2.24) is 24.6 Å². The first-order valence-corrected chi connectivity index (χ1v) is 9.85. The summed E-state index contributed by atoms with van der Waals surface area (Å²) in [7, 11) is 0. The van der Waals surface area contributed by atoms with Crippen LogP contribution >= 0.6 is 11.6 Å². The van der Waals surface area contributed by atoms with E-state index in [1.807, 2.05) is 57.2 Å². The van der Waals surface area contributed by atoms with Crippen LogP contribution in [-0.2, 0) is 6.54 Å². The Bertz CT molecular complexity index is 1190. The maximum Gasteiger partial charge on any atom is 0.251 e. The largest absolute Gasteiger partial charge is 0.350 e. The number of hydrogen-bond donors (Lipinski definition) is 1. The van der Waals surface area contributed by atoms with Crippen LogP contribution in [0.25, 0.3) is 16.7 Å². The molecule has 0 saturated carbocycles. The number of nitrogens with one attached hydrogen (secondary N) is 1. The van der Waals surface area contributed by atoms with Crippen molar-refractivity contribution in [3.8, 4) is 5.69 Å². The van der Waals surface area contributed by atoms with Crippen LogP contribution in [0.3, 0.4) is 0 Å². The summed E-state index contributed by atoms with van der Waals surface area (Å²) in [5.74, 6) is 0.832. The van der Waals surface area contributed by atoms with Gasteiger partial charge >= 0.3 is 0 Å². The lowest BCUT2D eigenvalue weighted by molar-refractivity contribution is 0.0952. The van der Waals surface area contributed by atoms with Gasteiger partial charge < -0.3 is 9.88 Å². The zero-order valence-electron chi connectivity index (χ0n) is 16.6. The number of rotatable bonds is 5. The number of amides is 1. The minimum Gasteiger partial charge on any atom is -0.350 e. The summed E-state index contributed by atoms with van der Waals surface area (Å²) in [6.07, 6.45) is 0. The summed E-state index contributed by atoms with van der Waals surface area (Å²) in [5, 5.41) is 8.08. The predicted molar refractivity (Wildman–Crippen MR) is 115 cm³/mol. The molecule has 2 aromatic carbocycles. The van der Waals surface area contributed by atoms with Crippen molar-refractivity contribution in [1.29, 1.82) is 0 Å². The van der Waals surface area contributed by atoms with Gasteiger partial charge in [0.15, 0.2) is 0 Å². The van der Waals surface area contributed by atoms with Crippen LogP contribution in [0.4, 0.5) is 0 Å². The van der Waals surface area contributed by atoms with Gasteiger partial charge in [0, 0.05) is 18.7 Å². The van der Waals surface area contributed by atoms with Gasteiger partial charge in [0.05, 0.1) is 33.1 Å². The normalized spacial score (nSPS) is 11.2. The molecular formula is C22H22ClN5O. The van der Waals surface area contributed by atoms with Gasteiger partial charge in [-0.3, -0.25) is 4.79 Å². The molecule has 0 radical (unpaired) electrons. The first-order valence-electron chi connectivity index (χ1n) is 9.48. The number of carbonyl (C=O) groups excluding carboxylic acids is 1. The van der Waals surface area contributed by atoms with E-state index in [9.17, 15) is 4.79 Å². The third kappa shape index (κ3) is 3.63. The molecule has 2 aromatic heterocycles. The molecule has 4 aromatic rings. The Balaban J connectivity index is 1.42. The van der Waals surface area contributed by atoms with Gasteiger partial charge in [-0.25, -0.2) is 9.67 Å². The number of para-hydroxylation sites is 2. The van der Waals surface area contributed by atoms with Crippen LogP contribution in [0, 0.1) is 20.8 Å². The Labute approximate surface area is 174 Å². The average Bonchev–Trinajstić information content (AvgIpc) is 3.18. The topological polar surface area (TPSA) is 64.7 Å². The van der Waals surface area contributed by atoms with Crippen LogP contribution in [0.15, 0.2) is 48.5 Å². The standard InChI is InChI=1S/C22H22ClN5O/c1-14-21(23)15(2)28(26-14)18-10-8-17(9-11-18)22(29)24-12-13-27-16(3)25-19-6-4-5-7-20(19)27/h4-11H,12-13H2,1-3H3,(H,24,29). The number of benzene rings is 2. The van der Waals surface area contributed by atoms with E-state index in [-0.39, 0.29) is 5.91 Å². The molecule has 0 bridgehead atoms. The van der Waals surface area contributed by atoms with Crippen LogP contribution in [0.1, 0.15) is 27.6 Å². The number of aromatic nitrogens is 4. The fourth-order valence-corrected chi connectivity index (χ4v) is 3.61. The molecule has 0 spiro atoms. The monoisotopic (exact) mass is 407 g/mol. The first kappa shape index (κ1) is 19.2. The van der Waals surface area contributed by atoms with Gasteiger partial charge in [-0.1, -0.05) is 23.7 Å². The van der Waals surface area contributed by atoms with E-state index < -0.39 is 0 Å². The fourth-order valence-electron chi connectivity index (χ4n) is 3.49. The summed E-state index contributed by atoms with van der Waals surface area (Å²) in [5.41, 5.74) is 5.18. The van der Waals surface area contributed by atoms with Gasteiger partial charge in [-0.2, -0.15) is 5.10 Å². The molecule has 6 nitrogen and oxygen atoms in total. The van der Waals surface area contributed by atoms with Crippen LogP contribution in [0.5, 0.6) is 0 Å². The highest BCUT2D eigenvalue weighted by molar-refractivity contribution is 6.31.